The van der Waals surface area contributed by atoms with Gasteiger partial charge < -0.3 is 14.6 Å². The topological polar surface area (TPSA) is 39.1 Å². The largest absolute Gasteiger partial charge is 0.493 e. The summed E-state index contributed by atoms with van der Waals surface area (Å²) in [6.45, 7) is 1.49. The molecule has 1 aromatic heterocycles. The molecule has 1 aliphatic heterocycles. The third-order valence-corrected chi connectivity index (χ3v) is 3.91. The van der Waals surface area contributed by atoms with Crippen molar-refractivity contribution < 1.29 is 9.13 Å². The quantitative estimate of drug-likeness (QED) is 0.940. The van der Waals surface area contributed by atoms with Crippen molar-refractivity contribution in [2.24, 2.45) is 7.05 Å². The maximum Gasteiger partial charge on any atom is 0.126 e. The van der Waals surface area contributed by atoms with E-state index in [1.165, 1.54) is 12.1 Å². The van der Waals surface area contributed by atoms with Crippen molar-refractivity contribution in [3.8, 4) is 5.75 Å². The molecule has 3 rings (SSSR count). The molecule has 2 aromatic rings. The fourth-order valence-corrected chi connectivity index (χ4v) is 2.75. The Hall–Kier alpha value is -1.88. The van der Waals surface area contributed by atoms with Crippen LogP contribution in [0.2, 0.25) is 0 Å². The number of benzene rings is 1. The first kappa shape index (κ1) is 14.1. The number of nitrogens with one attached hydrogen (secondary N) is 1. The van der Waals surface area contributed by atoms with Gasteiger partial charge >= 0.3 is 0 Å². The van der Waals surface area contributed by atoms with E-state index in [0.29, 0.717) is 12.4 Å². The molecule has 0 bridgehead atoms. The van der Waals surface area contributed by atoms with Crippen LogP contribution in [0.25, 0.3) is 0 Å². The van der Waals surface area contributed by atoms with Crippen LogP contribution in [0.5, 0.6) is 5.75 Å². The summed E-state index contributed by atoms with van der Waals surface area (Å²) in [4.78, 5) is 4.32. The van der Waals surface area contributed by atoms with Gasteiger partial charge in [0.05, 0.1) is 6.61 Å². The van der Waals surface area contributed by atoms with Gasteiger partial charge in [-0.25, -0.2) is 9.37 Å². The summed E-state index contributed by atoms with van der Waals surface area (Å²) in [5.74, 6) is 1.48. The van der Waals surface area contributed by atoms with Crippen LogP contribution in [0, 0.1) is 5.82 Å². The Morgan fingerprint density at radius 3 is 3.19 bits per heavy atom. The van der Waals surface area contributed by atoms with Crippen molar-refractivity contribution in [1.29, 1.82) is 0 Å². The van der Waals surface area contributed by atoms with E-state index in [9.17, 15) is 4.39 Å². The second kappa shape index (κ2) is 6.26. The number of hydrogen-bond acceptors (Lipinski definition) is 3. The number of halogens is 1. The Kier molecular flexibility index (Phi) is 4.20. The van der Waals surface area contributed by atoms with Crippen LogP contribution in [0.15, 0.2) is 30.6 Å². The third-order valence-electron chi connectivity index (χ3n) is 3.91. The molecule has 0 spiro atoms. The monoisotopic (exact) mass is 289 g/mol. The number of rotatable bonds is 4. The number of imidazole rings is 1. The van der Waals surface area contributed by atoms with Crippen molar-refractivity contribution in [1.82, 2.24) is 14.9 Å². The highest BCUT2D eigenvalue weighted by molar-refractivity contribution is 5.37. The third kappa shape index (κ3) is 3.24. The highest BCUT2D eigenvalue weighted by Gasteiger charge is 2.19. The maximum atomic E-state index is 13.3. The lowest BCUT2D eigenvalue weighted by Gasteiger charge is -2.18. The molecular formula is C16H20FN3O. The molecule has 112 valence electrons. The van der Waals surface area contributed by atoms with Crippen molar-refractivity contribution in [3.05, 3.63) is 47.8 Å². The molecule has 5 heteroatoms. The van der Waals surface area contributed by atoms with Crippen molar-refractivity contribution in [3.63, 3.8) is 0 Å². The van der Waals surface area contributed by atoms with Gasteiger partial charge in [-0.1, -0.05) is 6.07 Å². The second-order valence-corrected chi connectivity index (χ2v) is 5.38. The van der Waals surface area contributed by atoms with Crippen molar-refractivity contribution >= 4 is 0 Å². The van der Waals surface area contributed by atoms with Crippen LogP contribution in [-0.4, -0.2) is 22.7 Å². The minimum absolute atomic E-state index is 0.211. The van der Waals surface area contributed by atoms with E-state index in [0.717, 1.165) is 37.2 Å². The first-order valence-corrected chi connectivity index (χ1v) is 7.36. The molecule has 0 saturated heterocycles. The number of hydrogen-bond donors (Lipinski definition) is 1. The first-order chi connectivity index (χ1) is 10.2. The number of ether oxygens (including phenoxy) is 1. The minimum atomic E-state index is -0.248. The number of fused-ring (bicyclic) bond motifs is 1. The molecule has 0 saturated carbocycles. The minimum Gasteiger partial charge on any atom is -0.493 e. The summed E-state index contributed by atoms with van der Waals surface area (Å²) in [5, 5.41) is 3.55. The lowest BCUT2D eigenvalue weighted by atomic mass is 10.0. The van der Waals surface area contributed by atoms with Gasteiger partial charge in [-0.3, -0.25) is 0 Å². The van der Waals surface area contributed by atoms with Gasteiger partial charge in [-0.15, -0.1) is 0 Å². The van der Waals surface area contributed by atoms with Gasteiger partial charge in [-0.2, -0.15) is 0 Å². The van der Waals surface area contributed by atoms with Gasteiger partial charge in [0, 0.05) is 50.1 Å². The lowest BCUT2D eigenvalue weighted by Crippen LogP contribution is -2.24. The fourth-order valence-electron chi connectivity index (χ4n) is 2.75. The number of aryl methyl sites for hydroxylation is 1. The molecule has 0 amide bonds. The Labute approximate surface area is 124 Å². The van der Waals surface area contributed by atoms with Crippen molar-refractivity contribution in [2.75, 3.05) is 13.2 Å². The van der Waals surface area contributed by atoms with E-state index in [1.54, 1.807) is 0 Å². The Morgan fingerprint density at radius 1 is 1.48 bits per heavy atom. The molecule has 1 unspecified atom stereocenters. The highest BCUT2D eigenvalue weighted by Crippen LogP contribution is 2.31. The Morgan fingerprint density at radius 2 is 2.38 bits per heavy atom. The van der Waals surface area contributed by atoms with Crippen LogP contribution in [0.3, 0.4) is 0 Å². The molecule has 1 atom stereocenters. The normalized spacial score (nSPS) is 17.9. The second-order valence-electron chi connectivity index (χ2n) is 5.38. The average Bonchev–Trinajstić information content (AvgIpc) is 2.77. The lowest BCUT2D eigenvalue weighted by molar-refractivity contribution is 0.314. The van der Waals surface area contributed by atoms with Gasteiger partial charge in [0.15, 0.2) is 0 Å². The van der Waals surface area contributed by atoms with E-state index >= 15 is 0 Å². The SMILES string of the molecule is Cn1ccnc1CCNC1CCCOc2cc(F)ccc21. The molecule has 1 N–H and O–H groups in total. The molecular weight excluding hydrogens is 269 g/mol. The molecule has 0 fully saturated rings. The van der Waals surface area contributed by atoms with E-state index in [2.05, 4.69) is 10.3 Å². The van der Waals surface area contributed by atoms with Gasteiger partial charge in [-0.05, 0) is 18.9 Å². The standard InChI is InChI=1S/C16H20FN3O/c1-20-9-8-19-16(20)6-7-18-14-3-2-10-21-15-11-12(17)4-5-13(14)15/h4-5,8-9,11,14,18H,2-3,6-7,10H2,1H3. The molecule has 2 heterocycles. The van der Waals surface area contributed by atoms with Crippen LogP contribution in [-0.2, 0) is 13.5 Å². The number of nitrogens with zero attached hydrogens (tertiary/aromatic N) is 2. The Bertz CT molecular complexity index is 611. The first-order valence-electron chi connectivity index (χ1n) is 7.36. The predicted molar refractivity (Wildman–Crippen MR) is 78.8 cm³/mol. The van der Waals surface area contributed by atoms with Crippen molar-refractivity contribution in [2.45, 2.75) is 25.3 Å². The zero-order chi connectivity index (χ0) is 14.7. The molecule has 4 nitrogen and oxygen atoms in total. The molecule has 1 aliphatic rings. The highest BCUT2D eigenvalue weighted by atomic mass is 19.1. The maximum absolute atomic E-state index is 13.3. The summed E-state index contributed by atoms with van der Waals surface area (Å²) in [6, 6.07) is 5.02. The summed E-state index contributed by atoms with van der Waals surface area (Å²) in [7, 11) is 2.00. The van der Waals surface area contributed by atoms with Crippen LogP contribution < -0.4 is 10.1 Å². The summed E-state index contributed by atoms with van der Waals surface area (Å²) < 4.78 is 21.0. The van der Waals surface area contributed by atoms with Crippen LogP contribution in [0.1, 0.15) is 30.3 Å². The molecule has 0 radical (unpaired) electrons. The molecule has 1 aromatic carbocycles. The van der Waals surface area contributed by atoms with E-state index < -0.39 is 0 Å². The fraction of sp³-hybridized carbons (Fsp3) is 0.438. The Balaban J connectivity index is 1.67. The summed E-state index contributed by atoms with van der Waals surface area (Å²) in [6.07, 6.45) is 6.60. The van der Waals surface area contributed by atoms with Gasteiger partial charge in [0.2, 0.25) is 0 Å². The summed E-state index contributed by atoms with van der Waals surface area (Å²) >= 11 is 0. The van der Waals surface area contributed by atoms with E-state index in [-0.39, 0.29) is 11.9 Å². The summed E-state index contributed by atoms with van der Waals surface area (Å²) in [5.41, 5.74) is 1.05. The van der Waals surface area contributed by atoms with Gasteiger partial charge in [0.25, 0.3) is 0 Å². The zero-order valence-corrected chi connectivity index (χ0v) is 12.2. The average molecular weight is 289 g/mol. The molecule has 0 aliphatic carbocycles. The van der Waals surface area contributed by atoms with E-state index in [4.69, 9.17) is 4.74 Å². The number of aromatic nitrogens is 2. The smallest absolute Gasteiger partial charge is 0.126 e. The zero-order valence-electron chi connectivity index (χ0n) is 12.2. The molecule has 21 heavy (non-hydrogen) atoms. The van der Waals surface area contributed by atoms with E-state index in [1.807, 2.05) is 30.1 Å². The van der Waals surface area contributed by atoms with Crippen LogP contribution >= 0.6 is 0 Å². The van der Waals surface area contributed by atoms with Gasteiger partial charge in [0.1, 0.15) is 17.4 Å². The predicted octanol–water partition coefficient (Wildman–Crippen LogP) is 2.61. The van der Waals surface area contributed by atoms with Crippen LogP contribution in [0.4, 0.5) is 4.39 Å².